The van der Waals surface area contributed by atoms with E-state index in [0.29, 0.717) is 25.0 Å². The van der Waals surface area contributed by atoms with Gasteiger partial charge < -0.3 is 29.9 Å². The van der Waals surface area contributed by atoms with E-state index in [2.05, 4.69) is 18.4 Å². The van der Waals surface area contributed by atoms with Gasteiger partial charge in [0, 0.05) is 12.8 Å². The summed E-state index contributed by atoms with van der Waals surface area (Å²) in [5.74, 6) is -2.39. The van der Waals surface area contributed by atoms with Crippen molar-refractivity contribution in [2.24, 2.45) is 5.73 Å². The number of carbonyl (C=O) groups is 3. The molecule has 0 aromatic heterocycles. The second-order valence-corrected chi connectivity index (χ2v) is 16.3. The lowest BCUT2D eigenvalue weighted by molar-refractivity contribution is -0.161. The molecule has 4 N–H and O–H groups in total. The van der Waals surface area contributed by atoms with Crippen LogP contribution in [0, 0.1) is 0 Å². The molecule has 0 aliphatic carbocycles. The molecule has 3 unspecified atom stereocenters. The molecule has 0 saturated carbocycles. The third kappa shape index (κ3) is 30.4. The van der Waals surface area contributed by atoms with Gasteiger partial charge in [-0.05, 0) is 25.7 Å². The number of aliphatic carboxylic acids is 1. The number of hydrogen-bond donors (Lipinski definition) is 3. The minimum Gasteiger partial charge on any atom is -0.480 e. The van der Waals surface area contributed by atoms with Crippen molar-refractivity contribution in [2.75, 3.05) is 19.8 Å². The molecule has 0 spiro atoms. The Labute approximate surface area is 320 Å². The molecule has 1 aliphatic rings. The highest BCUT2D eigenvalue weighted by Gasteiger charge is 2.36. The number of carbonyl (C=O) groups excluding carboxylic acids is 2. The number of unbranched alkanes of at least 4 members (excludes halogenated alkanes) is 21. The van der Waals surface area contributed by atoms with Crippen LogP contribution >= 0.6 is 7.82 Å². The number of phosphoric ester groups is 1. The van der Waals surface area contributed by atoms with Crippen LogP contribution in [0.4, 0.5) is 0 Å². The molecule has 5 atom stereocenters. The number of carboxylic acid groups (broad SMARTS) is 1. The van der Waals surface area contributed by atoms with Crippen LogP contribution < -0.4 is 5.73 Å². The molecule has 12 nitrogen and oxygen atoms in total. The van der Waals surface area contributed by atoms with Crippen LogP contribution in [0.1, 0.15) is 194 Å². The molecule has 1 fully saturated rings. The number of rotatable bonds is 39. The van der Waals surface area contributed by atoms with Crippen LogP contribution in [0.2, 0.25) is 0 Å². The molecule has 0 aromatic rings. The summed E-state index contributed by atoms with van der Waals surface area (Å²) in [7, 11) is -4.71. The molecule has 53 heavy (non-hydrogen) atoms. The van der Waals surface area contributed by atoms with Crippen LogP contribution in [-0.2, 0) is 42.2 Å². The molecule has 1 heterocycles. The van der Waals surface area contributed by atoms with Gasteiger partial charge in [-0.15, -0.1) is 0 Å². The lowest BCUT2D eigenvalue weighted by atomic mass is 10.0. The first-order valence-corrected chi connectivity index (χ1v) is 22.7. The van der Waals surface area contributed by atoms with Gasteiger partial charge in [0.05, 0.1) is 25.4 Å². The summed E-state index contributed by atoms with van der Waals surface area (Å²) in [5, 5.41) is 8.88. The largest absolute Gasteiger partial charge is 0.480 e. The molecule has 0 aromatic carbocycles. The zero-order valence-corrected chi connectivity index (χ0v) is 34.2. The van der Waals surface area contributed by atoms with Gasteiger partial charge in [0.25, 0.3) is 0 Å². The molecular formula is C40H76NO11P. The van der Waals surface area contributed by atoms with Gasteiger partial charge in [-0.3, -0.25) is 23.4 Å². The van der Waals surface area contributed by atoms with E-state index in [9.17, 15) is 23.8 Å². The standard InChI is InChI=1S/C40H76NO11P/c1-3-5-7-9-11-12-13-14-15-16-17-21-25-29-38(42)48-31-34(32-49-53(46,47)50-33-35(41)40(44)45)51-39(43)30-26-22-18-20-24-28-37-36(52-37)27-23-19-10-8-6-4-2/h34-37H,3-33,41H2,1-2H3,(H,44,45)(H,46,47)/t34-,35+,36?,37?/m1/s1. The maximum absolute atomic E-state index is 12.6. The average molecular weight is 778 g/mol. The topological polar surface area (TPSA) is 184 Å². The van der Waals surface area contributed by atoms with Gasteiger partial charge in [-0.25, -0.2) is 4.57 Å². The summed E-state index contributed by atoms with van der Waals surface area (Å²) in [5.41, 5.74) is 5.33. The fraction of sp³-hybridized carbons (Fsp3) is 0.925. The molecule has 0 bridgehead atoms. The second-order valence-electron chi connectivity index (χ2n) is 14.9. The summed E-state index contributed by atoms with van der Waals surface area (Å²) in [6.07, 6.45) is 30.4. The van der Waals surface area contributed by atoms with Gasteiger partial charge in [0.1, 0.15) is 12.6 Å². The Bertz CT molecular complexity index is 984. The second kappa shape index (κ2) is 32.7. The third-order valence-corrected chi connectivity index (χ3v) is 10.7. The first-order chi connectivity index (χ1) is 25.6. The predicted molar refractivity (Wildman–Crippen MR) is 207 cm³/mol. The number of esters is 2. The Kier molecular flexibility index (Phi) is 30.5. The third-order valence-electron chi connectivity index (χ3n) is 9.77. The van der Waals surface area contributed by atoms with Gasteiger partial charge in [-0.1, -0.05) is 155 Å². The van der Waals surface area contributed by atoms with E-state index in [0.717, 1.165) is 51.4 Å². The highest BCUT2D eigenvalue weighted by atomic mass is 31.2. The predicted octanol–water partition coefficient (Wildman–Crippen LogP) is 9.72. The van der Waals surface area contributed by atoms with Crippen molar-refractivity contribution in [3.05, 3.63) is 0 Å². The van der Waals surface area contributed by atoms with E-state index >= 15 is 0 Å². The molecule has 1 rings (SSSR count). The Morgan fingerprint density at radius 1 is 0.604 bits per heavy atom. The fourth-order valence-corrected chi connectivity index (χ4v) is 7.10. The first kappa shape index (κ1) is 49.5. The molecule has 0 amide bonds. The van der Waals surface area contributed by atoms with Crippen LogP contribution in [-0.4, -0.2) is 72.1 Å². The highest BCUT2D eigenvalue weighted by molar-refractivity contribution is 7.47. The minimum atomic E-state index is -4.71. The van der Waals surface area contributed by atoms with E-state index in [1.807, 2.05) is 0 Å². The summed E-state index contributed by atoms with van der Waals surface area (Å²) in [4.78, 5) is 45.9. The van der Waals surface area contributed by atoms with E-state index < -0.39 is 51.1 Å². The zero-order chi connectivity index (χ0) is 39.0. The number of carboxylic acids is 1. The van der Waals surface area contributed by atoms with Gasteiger partial charge >= 0.3 is 25.7 Å². The van der Waals surface area contributed by atoms with Crippen LogP contribution in [0.25, 0.3) is 0 Å². The maximum atomic E-state index is 12.6. The number of epoxide rings is 1. The van der Waals surface area contributed by atoms with Crippen molar-refractivity contribution in [3.63, 3.8) is 0 Å². The van der Waals surface area contributed by atoms with Crippen molar-refractivity contribution in [1.82, 2.24) is 0 Å². The van der Waals surface area contributed by atoms with E-state index in [1.165, 1.54) is 103 Å². The van der Waals surface area contributed by atoms with Gasteiger partial charge in [-0.2, -0.15) is 0 Å². The Morgan fingerprint density at radius 3 is 1.45 bits per heavy atom. The Morgan fingerprint density at radius 2 is 1.00 bits per heavy atom. The number of phosphoric acid groups is 1. The SMILES string of the molecule is CCCCCCCCCCCCCCCC(=O)OC[C@H](COP(=O)(O)OC[C@H](N)C(=O)O)OC(=O)CCCCCCCC1OC1CCCCCCCC. The van der Waals surface area contributed by atoms with E-state index in [4.69, 9.17) is 29.6 Å². The number of hydrogen-bond acceptors (Lipinski definition) is 10. The van der Waals surface area contributed by atoms with Crippen molar-refractivity contribution >= 4 is 25.7 Å². The number of nitrogens with two attached hydrogens (primary N) is 1. The average Bonchev–Trinajstić information content (AvgIpc) is 3.89. The van der Waals surface area contributed by atoms with Crippen LogP contribution in [0.15, 0.2) is 0 Å². The molecule has 312 valence electrons. The Hall–Kier alpha value is -1.56. The summed E-state index contributed by atoms with van der Waals surface area (Å²) in [6.45, 7) is 2.78. The maximum Gasteiger partial charge on any atom is 0.472 e. The summed E-state index contributed by atoms with van der Waals surface area (Å²) >= 11 is 0. The van der Waals surface area contributed by atoms with Gasteiger partial charge in [0.2, 0.25) is 0 Å². The fourth-order valence-electron chi connectivity index (χ4n) is 6.32. The summed E-state index contributed by atoms with van der Waals surface area (Å²) in [6, 6.07) is -1.52. The molecule has 13 heteroatoms. The number of ether oxygens (including phenoxy) is 3. The van der Waals surface area contributed by atoms with E-state index in [1.54, 1.807) is 0 Å². The molecule has 1 aliphatic heterocycles. The van der Waals surface area contributed by atoms with Crippen LogP contribution in [0.5, 0.6) is 0 Å². The highest BCUT2D eigenvalue weighted by Crippen LogP contribution is 2.43. The first-order valence-electron chi connectivity index (χ1n) is 21.2. The zero-order valence-electron chi connectivity index (χ0n) is 33.3. The van der Waals surface area contributed by atoms with E-state index in [-0.39, 0.29) is 19.4 Å². The lowest BCUT2D eigenvalue weighted by Crippen LogP contribution is -2.34. The van der Waals surface area contributed by atoms with Crippen molar-refractivity contribution in [1.29, 1.82) is 0 Å². The van der Waals surface area contributed by atoms with Crippen molar-refractivity contribution in [2.45, 2.75) is 218 Å². The van der Waals surface area contributed by atoms with Crippen molar-refractivity contribution < 1.29 is 52.2 Å². The smallest absolute Gasteiger partial charge is 0.472 e. The monoisotopic (exact) mass is 778 g/mol. The Balaban J connectivity index is 2.29. The quantitative estimate of drug-likeness (QED) is 0.0233. The van der Waals surface area contributed by atoms with Crippen molar-refractivity contribution in [3.8, 4) is 0 Å². The summed E-state index contributed by atoms with van der Waals surface area (Å²) < 4.78 is 38.5. The normalized spacial score (nSPS) is 17.6. The lowest BCUT2D eigenvalue weighted by Gasteiger charge is -2.20. The van der Waals surface area contributed by atoms with Crippen LogP contribution in [0.3, 0.4) is 0 Å². The molecule has 1 saturated heterocycles. The molecular weight excluding hydrogens is 701 g/mol. The molecule has 0 radical (unpaired) electrons. The minimum absolute atomic E-state index is 0.149. The van der Waals surface area contributed by atoms with Gasteiger partial charge in [0.15, 0.2) is 6.10 Å².